The molecule has 0 saturated heterocycles. The fourth-order valence-electron chi connectivity index (χ4n) is 2.46. The molecule has 0 aliphatic carbocycles. The Labute approximate surface area is 148 Å². The number of rotatable bonds is 7. The molecule has 0 spiro atoms. The van der Waals surface area contributed by atoms with Crippen molar-refractivity contribution >= 4 is 11.8 Å². The van der Waals surface area contributed by atoms with E-state index in [0.717, 1.165) is 11.1 Å². The third kappa shape index (κ3) is 5.72. The molecule has 0 radical (unpaired) electrons. The van der Waals surface area contributed by atoms with E-state index in [4.69, 9.17) is 0 Å². The first-order chi connectivity index (χ1) is 12.0. The number of hydrogen-bond acceptors (Lipinski definition) is 3. The lowest BCUT2D eigenvalue weighted by Crippen LogP contribution is -2.45. The maximum absolute atomic E-state index is 12.1. The van der Waals surface area contributed by atoms with Crippen LogP contribution >= 0.6 is 0 Å². The molecule has 25 heavy (non-hydrogen) atoms. The van der Waals surface area contributed by atoms with Crippen molar-refractivity contribution in [1.82, 2.24) is 10.6 Å². The first-order valence-electron chi connectivity index (χ1n) is 8.35. The molecule has 5 nitrogen and oxygen atoms in total. The number of benzene rings is 2. The molecular formula is C20H24N2O3. The van der Waals surface area contributed by atoms with E-state index in [-0.39, 0.29) is 11.8 Å². The average Bonchev–Trinajstić information content (AvgIpc) is 2.62. The molecule has 2 rings (SSSR count). The largest absolute Gasteiger partial charge is 0.388 e. The number of aliphatic hydroxyl groups excluding tert-OH is 1. The summed E-state index contributed by atoms with van der Waals surface area (Å²) in [6.07, 6.45) is -0.215. The van der Waals surface area contributed by atoms with Gasteiger partial charge in [0, 0.05) is 12.1 Å². The lowest BCUT2D eigenvalue weighted by atomic mass is 10.1. The van der Waals surface area contributed by atoms with Crippen LogP contribution in [0, 0.1) is 6.92 Å². The van der Waals surface area contributed by atoms with Gasteiger partial charge in [0.05, 0.1) is 6.10 Å². The highest BCUT2D eigenvalue weighted by Crippen LogP contribution is 2.14. The van der Waals surface area contributed by atoms with Crippen molar-refractivity contribution in [3.05, 3.63) is 71.3 Å². The summed E-state index contributed by atoms with van der Waals surface area (Å²) >= 11 is 0. The Balaban J connectivity index is 1.77. The van der Waals surface area contributed by atoms with Gasteiger partial charge in [-0.3, -0.25) is 9.59 Å². The van der Waals surface area contributed by atoms with Gasteiger partial charge in [0.2, 0.25) is 5.91 Å². The van der Waals surface area contributed by atoms with Crippen LogP contribution in [0.1, 0.15) is 40.9 Å². The minimum absolute atomic E-state index is 0.277. The topological polar surface area (TPSA) is 78.4 Å². The van der Waals surface area contributed by atoms with Crippen LogP contribution in [0.15, 0.2) is 54.6 Å². The van der Waals surface area contributed by atoms with E-state index < -0.39 is 12.1 Å². The number of hydrogen-bond donors (Lipinski definition) is 3. The zero-order chi connectivity index (χ0) is 18.2. The Kier molecular flexibility index (Phi) is 6.71. The summed E-state index contributed by atoms with van der Waals surface area (Å²) < 4.78 is 0. The Bertz CT molecular complexity index is 716. The lowest BCUT2D eigenvalue weighted by molar-refractivity contribution is -0.122. The quantitative estimate of drug-likeness (QED) is 0.724. The zero-order valence-electron chi connectivity index (χ0n) is 14.5. The van der Waals surface area contributed by atoms with E-state index in [1.807, 2.05) is 43.3 Å². The molecule has 0 aromatic heterocycles. The highest BCUT2D eigenvalue weighted by molar-refractivity contribution is 5.97. The summed E-state index contributed by atoms with van der Waals surface area (Å²) in [4.78, 5) is 24.2. The summed E-state index contributed by atoms with van der Waals surface area (Å²) in [5.41, 5.74) is 2.33. The molecule has 2 amide bonds. The van der Waals surface area contributed by atoms with Crippen molar-refractivity contribution in [2.45, 2.75) is 32.4 Å². The number of nitrogens with one attached hydrogen (secondary N) is 2. The molecule has 0 saturated carbocycles. The van der Waals surface area contributed by atoms with Crippen molar-refractivity contribution in [1.29, 1.82) is 0 Å². The van der Waals surface area contributed by atoms with Crippen molar-refractivity contribution < 1.29 is 14.7 Å². The monoisotopic (exact) mass is 340 g/mol. The second kappa shape index (κ2) is 8.99. The van der Waals surface area contributed by atoms with E-state index in [1.165, 1.54) is 0 Å². The smallest absolute Gasteiger partial charge is 0.251 e. The van der Waals surface area contributed by atoms with Gasteiger partial charge < -0.3 is 15.7 Å². The van der Waals surface area contributed by atoms with Crippen LogP contribution in [-0.2, 0) is 4.79 Å². The van der Waals surface area contributed by atoms with Crippen LogP contribution in [0.25, 0.3) is 0 Å². The van der Waals surface area contributed by atoms with Crippen LogP contribution in [0.3, 0.4) is 0 Å². The van der Waals surface area contributed by atoms with Gasteiger partial charge in [-0.1, -0.05) is 48.0 Å². The van der Waals surface area contributed by atoms with Gasteiger partial charge in [-0.05, 0) is 38.0 Å². The summed E-state index contributed by atoms with van der Waals surface area (Å²) in [6, 6.07) is 15.8. The standard InChI is InChI=1S/C20H24N2O3/c1-14-7-6-10-17(13-14)20(25)22-15(2)19(24)21-12-11-18(23)16-8-4-3-5-9-16/h3-10,13,15,18,23H,11-12H2,1-2H3,(H,21,24)(H,22,25)/t15-,18-/m0/s1. The van der Waals surface area contributed by atoms with E-state index in [1.54, 1.807) is 25.1 Å². The number of carbonyl (C=O) groups is 2. The van der Waals surface area contributed by atoms with Crippen LogP contribution in [0.2, 0.25) is 0 Å². The summed E-state index contributed by atoms with van der Waals surface area (Å²) in [5.74, 6) is -0.558. The van der Waals surface area contributed by atoms with Crippen molar-refractivity contribution in [2.75, 3.05) is 6.54 Å². The van der Waals surface area contributed by atoms with Crippen LogP contribution in [0.5, 0.6) is 0 Å². The fraction of sp³-hybridized carbons (Fsp3) is 0.300. The normalized spacial score (nSPS) is 12.9. The second-order valence-corrected chi connectivity index (χ2v) is 6.07. The SMILES string of the molecule is Cc1cccc(C(=O)N[C@@H](C)C(=O)NCC[C@H](O)c2ccccc2)c1. The van der Waals surface area contributed by atoms with Gasteiger partial charge in [0.1, 0.15) is 6.04 Å². The van der Waals surface area contributed by atoms with Gasteiger partial charge >= 0.3 is 0 Å². The maximum Gasteiger partial charge on any atom is 0.251 e. The molecule has 132 valence electrons. The Morgan fingerprint density at radius 1 is 1.08 bits per heavy atom. The zero-order valence-corrected chi connectivity index (χ0v) is 14.5. The molecule has 3 N–H and O–H groups in total. The maximum atomic E-state index is 12.1. The number of aryl methyl sites for hydroxylation is 1. The average molecular weight is 340 g/mol. The third-order valence-electron chi connectivity index (χ3n) is 3.92. The molecule has 5 heteroatoms. The molecule has 0 heterocycles. The molecular weight excluding hydrogens is 316 g/mol. The molecule has 0 fully saturated rings. The predicted octanol–water partition coefficient (Wildman–Crippen LogP) is 2.35. The van der Waals surface area contributed by atoms with Crippen LogP contribution in [-0.4, -0.2) is 29.5 Å². The number of aliphatic hydroxyl groups is 1. The van der Waals surface area contributed by atoms with Crippen molar-refractivity contribution in [2.24, 2.45) is 0 Å². The van der Waals surface area contributed by atoms with Gasteiger partial charge in [0.25, 0.3) is 5.91 Å². The third-order valence-corrected chi connectivity index (χ3v) is 3.92. The summed E-state index contributed by atoms with van der Waals surface area (Å²) in [5, 5.41) is 15.5. The molecule has 0 aliphatic rings. The first-order valence-corrected chi connectivity index (χ1v) is 8.35. The molecule has 2 aromatic rings. The number of amides is 2. The Morgan fingerprint density at radius 3 is 2.48 bits per heavy atom. The Morgan fingerprint density at radius 2 is 1.80 bits per heavy atom. The van der Waals surface area contributed by atoms with E-state index in [2.05, 4.69) is 10.6 Å². The Hall–Kier alpha value is -2.66. The molecule has 0 bridgehead atoms. The minimum Gasteiger partial charge on any atom is -0.388 e. The van der Waals surface area contributed by atoms with Gasteiger partial charge in [0.15, 0.2) is 0 Å². The second-order valence-electron chi connectivity index (χ2n) is 6.07. The minimum atomic E-state index is -0.651. The summed E-state index contributed by atoms with van der Waals surface area (Å²) in [6.45, 7) is 3.88. The van der Waals surface area contributed by atoms with Crippen molar-refractivity contribution in [3.8, 4) is 0 Å². The molecule has 2 aromatic carbocycles. The van der Waals surface area contributed by atoms with Crippen LogP contribution < -0.4 is 10.6 Å². The highest BCUT2D eigenvalue weighted by Gasteiger charge is 2.17. The molecule has 0 aliphatic heterocycles. The fourth-order valence-corrected chi connectivity index (χ4v) is 2.46. The summed E-state index contributed by atoms with van der Waals surface area (Å²) in [7, 11) is 0. The lowest BCUT2D eigenvalue weighted by Gasteiger charge is -2.16. The van der Waals surface area contributed by atoms with Crippen molar-refractivity contribution in [3.63, 3.8) is 0 Å². The predicted molar refractivity (Wildman–Crippen MR) is 97.1 cm³/mol. The first kappa shape index (κ1) is 18.7. The van der Waals surface area contributed by atoms with Gasteiger partial charge in [-0.15, -0.1) is 0 Å². The van der Waals surface area contributed by atoms with Crippen LogP contribution in [0.4, 0.5) is 0 Å². The number of carbonyl (C=O) groups excluding carboxylic acids is 2. The molecule has 0 unspecified atom stereocenters. The van der Waals surface area contributed by atoms with E-state index in [9.17, 15) is 14.7 Å². The van der Waals surface area contributed by atoms with E-state index in [0.29, 0.717) is 18.5 Å². The van der Waals surface area contributed by atoms with Gasteiger partial charge in [-0.2, -0.15) is 0 Å². The highest BCUT2D eigenvalue weighted by atomic mass is 16.3. The van der Waals surface area contributed by atoms with Gasteiger partial charge in [-0.25, -0.2) is 0 Å². The van der Waals surface area contributed by atoms with E-state index >= 15 is 0 Å². The molecule has 2 atom stereocenters.